The van der Waals surface area contributed by atoms with Crippen molar-refractivity contribution < 1.29 is 18.3 Å². The Morgan fingerprint density at radius 2 is 2.09 bits per heavy atom. The number of carboxylic acids is 1. The first-order valence-corrected chi connectivity index (χ1v) is 8.66. The van der Waals surface area contributed by atoms with Crippen LogP contribution in [0.25, 0.3) is 0 Å². The fraction of sp³-hybridized carbons (Fsp3) is 0.333. The van der Waals surface area contributed by atoms with E-state index < -0.39 is 16.0 Å². The number of nitrogens with one attached hydrogen (secondary N) is 1. The van der Waals surface area contributed by atoms with Crippen molar-refractivity contribution in [3.8, 4) is 0 Å². The second kappa shape index (κ2) is 5.47. The van der Waals surface area contributed by atoms with Crippen LogP contribution in [0.4, 0.5) is 0 Å². The number of nitrogens with zero attached hydrogens (tertiary/aromatic N) is 2. The van der Waals surface area contributed by atoms with Gasteiger partial charge in [0.15, 0.2) is 5.69 Å². The van der Waals surface area contributed by atoms with Gasteiger partial charge in [-0.1, -0.05) is 24.3 Å². The van der Waals surface area contributed by atoms with Crippen molar-refractivity contribution in [3.05, 3.63) is 46.8 Å². The van der Waals surface area contributed by atoms with Gasteiger partial charge in [0.2, 0.25) is 10.0 Å². The first-order chi connectivity index (χ1) is 10.8. The lowest BCUT2D eigenvalue weighted by atomic mass is 10.1. The van der Waals surface area contributed by atoms with Crippen molar-refractivity contribution in [2.24, 2.45) is 7.05 Å². The van der Waals surface area contributed by atoms with Crippen molar-refractivity contribution in [2.45, 2.75) is 30.7 Å². The fourth-order valence-electron chi connectivity index (χ4n) is 3.12. The molecule has 0 radical (unpaired) electrons. The Morgan fingerprint density at radius 1 is 1.39 bits per heavy atom. The smallest absolute Gasteiger partial charge is 0.355 e. The van der Waals surface area contributed by atoms with Gasteiger partial charge in [0.25, 0.3) is 0 Å². The number of sulfonamides is 1. The molecule has 0 bridgehead atoms. The first kappa shape index (κ1) is 15.7. The highest BCUT2D eigenvalue weighted by molar-refractivity contribution is 7.89. The molecule has 7 nitrogen and oxygen atoms in total. The van der Waals surface area contributed by atoms with Crippen LogP contribution in [-0.2, 0) is 23.5 Å². The van der Waals surface area contributed by atoms with Gasteiger partial charge in [-0.2, -0.15) is 5.10 Å². The molecule has 2 N–H and O–H groups in total. The predicted octanol–water partition coefficient (Wildman–Crippen LogP) is 1.39. The van der Waals surface area contributed by atoms with E-state index in [1.54, 1.807) is 0 Å². The molecule has 0 amide bonds. The summed E-state index contributed by atoms with van der Waals surface area (Å²) in [6.45, 7) is 1.49. The molecule has 3 rings (SSSR count). The Morgan fingerprint density at radius 3 is 2.78 bits per heavy atom. The zero-order chi connectivity index (χ0) is 16.8. The van der Waals surface area contributed by atoms with Gasteiger partial charge in [-0.05, 0) is 30.9 Å². The number of aryl methyl sites for hydroxylation is 3. The van der Waals surface area contributed by atoms with Crippen molar-refractivity contribution in [1.82, 2.24) is 14.5 Å². The number of fused-ring (bicyclic) bond motifs is 1. The van der Waals surface area contributed by atoms with Crippen molar-refractivity contribution in [2.75, 3.05) is 0 Å². The molecular formula is C15H17N3O4S. The number of aromatic nitrogens is 2. The Bertz CT molecular complexity index is 886. The third-order valence-electron chi connectivity index (χ3n) is 4.07. The summed E-state index contributed by atoms with van der Waals surface area (Å²) in [4.78, 5) is 11.1. The maximum absolute atomic E-state index is 12.7. The van der Waals surface area contributed by atoms with Crippen LogP contribution in [-0.4, -0.2) is 29.3 Å². The van der Waals surface area contributed by atoms with Gasteiger partial charge in [0.1, 0.15) is 4.90 Å². The molecule has 1 unspecified atom stereocenters. The van der Waals surface area contributed by atoms with Crippen molar-refractivity contribution in [3.63, 3.8) is 0 Å². The number of carbonyl (C=O) groups is 1. The molecule has 23 heavy (non-hydrogen) atoms. The van der Waals surface area contributed by atoms with Crippen LogP contribution in [0.1, 0.15) is 39.8 Å². The molecule has 1 aromatic heterocycles. The molecule has 0 spiro atoms. The highest BCUT2D eigenvalue weighted by Gasteiger charge is 2.33. The second-order valence-corrected chi connectivity index (χ2v) is 7.25. The van der Waals surface area contributed by atoms with Crippen LogP contribution >= 0.6 is 0 Å². The first-order valence-electron chi connectivity index (χ1n) is 7.18. The summed E-state index contributed by atoms with van der Waals surface area (Å²) in [7, 11) is -2.57. The van der Waals surface area contributed by atoms with E-state index in [0.29, 0.717) is 6.42 Å². The molecular weight excluding hydrogens is 318 g/mol. The van der Waals surface area contributed by atoms with Gasteiger partial charge in [-0.3, -0.25) is 4.68 Å². The van der Waals surface area contributed by atoms with Crippen LogP contribution < -0.4 is 4.72 Å². The maximum atomic E-state index is 12.7. The minimum atomic E-state index is -3.99. The molecule has 1 aromatic carbocycles. The van der Waals surface area contributed by atoms with Crippen LogP contribution in [0.5, 0.6) is 0 Å². The average Bonchev–Trinajstić information content (AvgIpc) is 3.00. The summed E-state index contributed by atoms with van der Waals surface area (Å²) >= 11 is 0. The molecule has 1 aliphatic rings. The number of rotatable bonds is 4. The van der Waals surface area contributed by atoms with E-state index in [1.165, 1.54) is 14.0 Å². The molecule has 8 heteroatoms. The second-order valence-electron chi connectivity index (χ2n) is 5.60. The van der Waals surface area contributed by atoms with E-state index in [-0.39, 0.29) is 22.3 Å². The Labute approximate surface area is 134 Å². The van der Waals surface area contributed by atoms with Gasteiger partial charge in [-0.25, -0.2) is 17.9 Å². The van der Waals surface area contributed by atoms with E-state index in [0.717, 1.165) is 22.2 Å². The zero-order valence-corrected chi connectivity index (χ0v) is 13.6. The Balaban J connectivity index is 2.00. The Kier molecular flexibility index (Phi) is 3.73. The summed E-state index contributed by atoms with van der Waals surface area (Å²) in [6.07, 6.45) is 1.45. The van der Waals surface area contributed by atoms with Gasteiger partial charge in [0, 0.05) is 13.1 Å². The number of aromatic carboxylic acids is 1. The average molecular weight is 335 g/mol. The zero-order valence-electron chi connectivity index (χ0n) is 12.8. The summed E-state index contributed by atoms with van der Waals surface area (Å²) in [5, 5.41) is 13.2. The minimum absolute atomic E-state index is 0.170. The molecule has 0 aliphatic heterocycles. The summed E-state index contributed by atoms with van der Waals surface area (Å²) < 4.78 is 29.2. The molecule has 1 atom stereocenters. The van der Waals surface area contributed by atoms with Gasteiger partial charge in [-0.15, -0.1) is 0 Å². The lowest BCUT2D eigenvalue weighted by molar-refractivity contribution is 0.0680. The third kappa shape index (κ3) is 2.64. The van der Waals surface area contributed by atoms with E-state index in [2.05, 4.69) is 9.82 Å². The summed E-state index contributed by atoms with van der Waals surface area (Å²) in [5.41, 5.74) is 1.89. The lowest BCUT2D eigenvalue weighted by Crippen LogP contribution is -2.29. The normalized spacial score (nSPS) is 17.2. The highest BCUT2D eigenvalue weighted by atomic mass is 32.2. The fourth-order valence-corrected chi connectivity index (χ4v) is 4.76. The maximum Gasteiger partial charge on any atom is 0.355 e. The van der Waals surface area contributed by atoms with E-state index >= 15 is 0 Å². The molecule has 0 fully saturated rings. The molecule has 2 aromatic rings. The quantitative estimate of drug-likeness (QED) is 0.879. The van der Waals surface area contributed by atoms with Crippen molar-refractivity contribution in [1.29, 1.82) is 0 Å². The van der Waals surface area contributed by atoms with E-state index in [9.17, 15) is 18.3 Å². The Hall–Kier alpha value is -2.19. The predicted molar refractivity (Wildman–Crippen MR) is 82.7 cm³/mol. The number of hydrogen-bond donors (Lipinski definition) is 2. The van der Waals surface area contributed by atoms with E-state index in [4.69, 9.17) is 0 Å². The number of hydrogen-bond acceptors (Lipinski definition) is 4. The molecule has 0 saturated heterocycles. The largest absolute Gasteiger partial charge is 0.476 e. The lowest BCUT2D eigenvalue weighted by Gasteiger charge is -2.14. The van der Waals surface area contributed by atoms with Crippen LogP contribution in [0, 0.1) is 6.92 Å². The van der Waals surface area contributed by atoms with Gasteiger partial charge < -0.3 is 5.11 Å². The van der Waals surface area contributed by atoms with Crippen molar-refractivity contribution >= 4 is 16.0 Å². The van der Waals surface area contributed by atoms with Crippen LogP contribution in [0.2, 0.25) is 0 Å². The standard InChI is InChI=1S/C15H17N3O4S/c1-9-14(13(15(19)20)18(2)16-9)23(21,22)17-12-8-7-10-5-3-4-6-11(10)12/h3-6,12,17H,7-8H2,1-2H3,(H,19,20). The monoisotopic (exact) mass is 335 g/mol. The van der Waals surface area contributed by atoms with Gasteiger partial charge >= 0.3 is 5.97 Å². The molecule has 1 aliphatic carbocycles. The topological polar surface area (TPSA) is 101 Å². The molecule has 1 heterocycles. The number of benzene rings is 1. The van der Waals surface area contributed by atoms with Crippen LogP contribution in [0.15, 0.2) is 29.2 Å². The third-order valence-corrected chi connectivity index (χ3v) is 5.69. The van der Waals surface area contributed by atoms with Crippen LogP contribution in [0.3, 0.4) is 0 Å². The van der Waals surface area contributed by atoms with E-state index in [1.807, 2.05) is 24.3 Å². The minimum Gasteiger partial charge on any atom is -0.476 e. The molecule has 0 saturated carbocycles. The SMILES string of the molecule is Cc1nn(C)c(C(=O)O)c1S(=O)(=O)NC1CCc2ccccc21. The summed E-state index contributed by atoms with van der Waals surface area (Å²) in [6, 6.07) is 7.30. The number of carboxylic acid groups (broad SMARTS) is 1. The summed E-state index contributed by atoms with van der Waals surface area (Å²) in [5.74, 6) is -1.32. The van der Waals surface area contributed by atoms with Gasteiger partial charge in [0.05, 0.1) is 5.69 Å². The molecule has 122 valence electrons. The highest BCUT2D eigenvalue weighted by Crippen LogP contribution is 2.32.